The number of hydrogen-bond acceptors (Lipinski definition) is 4. The zero-order valence-corrected chi connectivity index (χ0v) is 10.2. The van der Waals surface area contributed by atoms with Crippen LogP contribution in [0.2, 0.25) is 5.28 Å². The lowest BCUT2D eigenvalue weighted by Crippen LogP contribution is -2.26. The molecule has 0 radical (unpaired) electrons. The molecule has 0 aliphatic heterocycles. The molecule has 1 aromatic heterocycles. The van der Waals surface area contributed by atoms with Gasteiger partial charge >= 0.3 is 0 Å². The van der Waals surface area contributed by atoms with Gasteiger partial charge in [0.2, 0.25) is 5.28 Å². The van der Waals surface area contributed by atoms with E-state index < -0.39 is 0 Å². The average molecular weight is 241 g/mol. The highest BCUT2D eigenvalue weighted by atomic mass is 35.5. The maximum absolute atomic E-state index is 5.79. The Kier molecular flexibility index (Phi) is 3.49. The van der Waals surface area contributed by atoms with Crippen molar-refractivity contribution in [2.24, 2.45) is 5.92 Å². The second-order valence-electron chi connectivity index (χ2n) is 4.54. The molecule has 16 heavy (non-hydrogen) atoms. The van der Waals surface area contributed by atoms with Gasteiger partial charge in [-0.25, -0.2) is 4.98 Å². The van der Waals surface area contributed by atoms with E-state index in [1.807, 2.05) is 0 Å². The minimum absolute atomic E-state index is 0.237. The summed E-state index contributed by atoms with van der Waals surface area (Å²) in [7, 11) is 0. The van der Waals surface area contributed by atoms with Crippen LogP contribution in [0.25, 0.3) is 0 Å². The Morgan fingerprint density at radius 1 is 1.38 bits per heavy atom. The Balaban J connectivity index is 2.00. The fourth-order valence-corrected chi connectivity index (χ4v) is 2.22. The van der Waals surface area contributed by atoms with Gasteiger partial charge in [0.15, 0.2) is 5.82 Å². The van der Waals surface area contributed by atoms with Gasteiger partial charge in [-0.1, -0.05) is 6.92 Å². The number of nitrogens with two attached hydrogens (primary N) is 1. The molecule has 1 heterocycles. The lowest BCUT2D eigenvalue weighted by atomic mass is 9.87. The first-order chi connectivity index (χ1) is 7.65. The summed E-state index contributed by atoms with van der Waals surface area (Å²) in [5, 5.41) is 3.59. The summed E-state index contributed by atoms with van der Waals surface area (Å²) in [6.07, 6.45) is 6.40. The summed E-state index contributed by atoms with van der Waals surface area (Å²) in [5.74, 6) is 1.50. The van der Waals surface area contributed by atoms with E-state index in [0.29, 0.717) is 17.5 Å². The number of nitrogens with zero attached hydrogens (tertiary/aromatic N) is 2. The van der Waals surface area contributed by atoms with Crippen LogP contribution in [0.3, 0.4) is 0 Å². The third-order valence-electron chi connectivity index (χ3n) is 3.14. The number of nitrogens with one attached hydrogen (secondary N) is 1. The van der Waals surface area contributed by atoms with E-state index in [4.69, 9.17) is 17.3 Å². The highest BCUT2D eigenvalue weighted by Gasteiger charge is 2.19. The first-order valence-corrected chi connectivity index (χ1v) is 6.07. The largest absolute Gasteiger partial charge is 0.394 e. The summed E-state index contributed by atoms with van der Waals surface area (Å²) in [6, 6.07) is 0.462. The molecule has 1 aromatic rings. The number of anilines is 2. The van der Waals surface area contributed by atoms with Crippen molar-refractivity contribution in [2.45, 2.75) is 38.6 Å². The first-order valence-electron chi connectivity index (χ1n) is 5.69. The lowest BCUT2D eigenvalue weighted by Gasteiger charge is -2.27. The van der Waals surface area contributed by atoms with Crippen molar-refractivity contribution in [1.29, 1.82) is 0 Å². The maximum atomic E-state index is 5.79. The second-order valence-corrected chi connectivity index (χ2v) is 4.88. The molecule has 1 aliphatic carbocycles. The normalized spacial score (nSPS) is 25.4. The smallest absolute Gasteiger partial charge is 0.224 e. The molecule has 0 amide bonds. The molecule has 1 saturated carbocycles. The summed E-state index contributed by atoms with van der Waals surface area (Å²) >= 11 is 5.74. The number of hydrogen-bond donors (Lipinski definition) is 2. The van der Waals surface area contributed by atoms with Gasteiger partial charge in [0, 0.05) is 6.04 Å². The van der Waals surface area contributed by atoms with Gasteiger partial charge in [0.25, 0.3) is 0 Å². The van der Waals surface area contributed by atoms with Crippen molar-refractivity contribution >= 4 is 23.1 Å². The molecular weight excluding hydrogens is 224 g/mol. The predicted octanol–water partition coefficient (Wildman–Crippen LogP) is 2.70. The molecule has 0 aromatic carbocycles. The van der Waals surface area contributed by atoms with Crippen LogP contribution in [0.15, 0.2) is 6.20 Å². The minimum atomic E-state index is 0.237. The van der Waals surface area contributed by atoms with Crippen LogP contribution >= 0.6 is 11.6 Å². The molecule has 0 bridgehead atoms. The highest BCUT2D eigenvalue weighted by molar-refractivity contribution is 6.28. The van der Waals surface area contributed by atoms with Gasteiger partial charge in [-0.15, -0.1) is 0 Å². The van der Waals surface area contributed by atoms with E-state index in [-0.39, 0.29) is 5.28 Å². The van der Waals surface area contributed by atoms with E-state index in [1.54, 1.807) is 6.20 Å². The van der Waals surface area contributed by atoms with Crippen LogP contribution in [-0.4, -0.2) is 16.0 Å². The average Bonchev–Trinajstić information content (AvgIpc) is 2.27. The minimum Gasteiger partial charge on any atom is -0.394 e. The van der Waals surface area contributed by atoms with Crippen molar-refractivity contribution in [2.75, 3.05) is 11.1 Å². The molecule has 4 nitrogen and oxygen atoms in total. The molecule has 0 saturated heterocycles. The van der Waals surface area contributed by atoms with Crippen molar-refractivity contribution in [3.8, 4) is 0 Å². The molecule has 3 N–H and O–H groups in total. The van der Waals surface area contributed by atoms with Crippen LogP contribution in [0.5, 0.6) is 0 Å². The molecule has 5 heteroatoms. The summed E-state index contributed by atoms with van der Waals surface area (Å²) in [4.78, 5) is 7.94. The van der Waals surface area contributed by atoms with E-state index in [0.717, 1.165) is 5.92 Å². The second kappa shape index (κ2) is 4.87. The molecule has 0 unspecified atom stereocenters. The monoisotopic (exact) mass is 240 g/mol. The fraction of sp³-hybridized carbons (Fsp3) is 0.636. The number of nitrogen functional groups attached to an aromatic ring is 1. The van der Waals surface area contributed by atoms with Gasteiger partial charge in [-0.05, 0) is 43.2 Å². The van der Waals surface area contributed by atoms with Crippen LogP contribution in [-0.2, 0) is 0 Å². The quantitative estimate of drug-likeness (QED) is 0.781. The maximum Gasteiger partial charge on any atom is 0.224 e. The fourth-order valence-electron chi connectivity index (χ4n) is 2.08. The molecule has 0 atom stereocenters. The summed E-state index contributed by atoms with van der Waals surface area (Å²) in [5.41, 5.74) is 6.35. The Morgan fingerprint density at radius 2 is 2.06 bits per heavy atom. The first kappa shape index (κ1) is 11.5. The topological polar surface area (TPSA) is 63.8 Å². The van der Waals surface area contributed by atoms with Gasteiger partial charge in [0.05, 0.1) is 11.9 Å². The molecule has 88 valence electrons. The van der Waals surface area contributed by atoms with Crippen LogP contribution in [0, 0.1) is 5.92 Å². The molecule has 2 rings (SSSR count). The predicted molar refractivity (Wildman–Crippen MR) is 66.5 cm³/mol. The van der Waals surface area contributed by atoms with E-state index in [2.05, 4.69) is 22.2 Å². The van der Waals surface area contributed by atoms with Crippen LogP contribution in [0.4, 0.5) is 11.5 Å². The van der Waals surface area contributed by atoms with Gasteiger partial charge in [-0.3, -0.25) is 0 Å². The van der Waals surface area contributed by atoms with Gasteiger partial charge in [-0.2, -0.15) is 4.98 Å². The molecule has 1 aliphatic rings. The summed E-state index contributed by atoms with van der Waals surface area (Å²) in [6.45, 7) is 2.30. The van der Waals surface area contributed by atoms with Gasteiger partial charge in [0.1, 0.15) is 0 Å². The van der Waals surface area contributed by atoms with Crippen LogP contribution in [0.1, 0.15) is 32.6 Å². The Labute approximate surface area is 101 Å². The number of halogens is 1. The van der Waals surface area contributed by atoms with Gasteiger partial charge < -0.3 is 11.1 Å². The Bertz CT molecular complexity index is 361. The standard InChI is InChI=1S/C11H17ClN4/c1-7-2-4-8(5-3-7)15-10-9(13)6-14-11(12)16-10/h6-8H,2-5,13H2,1H3,(H,14,15,16). The van der Waals surface area contributed by atoms with Crippen molar-refractivity contribution < 1.29 is 0 Å². The highest BCUT2D eigenvalue weighted by Crippen LogP contribution is 2.27. The third kappa shape index (κ3) is 2.76. The third-order valence-corrected chi connectivity index (χ3v) is 3.33. The number of aromatic nitrogens is 2. The summed E-state index contributed by atoms with van der Waals surface area (Å²) < 4.78 is 0. The SMILES string of the molecule is CC1CCC(Nc2nc(Cl)ncc2N)CC1. The van der Waals surface area contributed by atoms with Crippen molar-refractivity contribution in [3.63, 3.8) is 0 Å². The van der Waals surface area contributed by atoms with Crippen molar-refractivity contribution in [1.82, 2.24) is 9.97 Å². The number of rotatable bonds is 2. The Morgan fingerprint density at radius 3 is 2.75 bits per heavy atom. The Hall–Kier alpha value is -1.03. The zero-order chi connectivity index (χ0) is 11.5. The van der Waals surface area contributed by atoms with E-state index in [9.17, 15) is 0 Å². The zero-order valence-electron chi connectivity index (χ0n) is 9.41. The van der Waals surface area contributed by atoms with Crippen LogP contribution < -0.4 is 11.1 Å². The van der Waals surface area contributed by atoms with Crippen molar-refractivity contribution in [3.05, 3.63) is 11.5 Å². The molecular formula is C11H17ClN4. The lowest BCUT2D eigenvalue weighted by molar-refractivity contribution is 0.361. The molecule has 0 spiro atoms. The van der Waals surface area contributed by atoms with E-state index >= 15 is 0 Å². The van der Waals surface area contributed by atoms with E-state index in [1.165, 1.54) is 25.7 Å². The molecule has 1 fully saturated rings.